The lowest BCUT2D eigenvalue weighted by atomic mass is 10.1. The molecule has 130 valence electrons. The molecule has 0 spiro atoms. The summed E-state index contributed by atoms with van der Waals surface area (Å²) in [6, 6.07) is 20.7. The Bertz CT molecular complexity index is 698. The van der Waals surface area contributed by atoms with Crippen LogP contribution in [0.3, 0.4) is 0 Å². The third-order valence-corrected chi connectivity index (χ3v) is 4.32. The molecule has 0 saturated carbocycles. The van der Waals surface area contributed by atoms with E-state index in [4.69, 9.17) is 10.5 Å². The van der Waals surface area contributed by atoms with Crippen LogP contribution in [0.5, 0.6) is 0 Å². The van der Waals surface area contributed by atoms with Gasteiger partial charge >= 0.3 is 0 Å². The van der Waals surface area contributed by atoms with Gasteiger partial charge in [-0.15, -0.1) is 0 Å². The van der Waals surface area contributed by atoms with Gasteiger partial charge in [0.05, 0.1) is 19.3 Å². The number of morpholine rings is 1. The summed E-state index contributed by atoms with van der Waals surface area (Å²) in [5.41, 5.74) is 9.27. The number of rotatable bonds is 6. The van der Waals surface area contributed by atoms with Crippen LogP contribution < -0.4 is 5.73 Å². The summed E-state index contributed by atoms with van der Waals surface area (Å²) in [5.74, 6) is 0. The summed E-state index contributed by atoms with van der Waals surface area (Å²) in [6.45, 7) is 4.05. The van der Waals surface area contributed by atoms with E-state index >= 15 is 0 Å². The van der Waals surface area contributed by atoms with Crippen LogP contribution in [0.4, 0.5) is 0 Å². The zero-order chi connectivity index (χ0) is 17.3. The summed E-state index contributed by atoms with van der Waals surface area (Å²) in [5, 5.41) is 0. The second-order valence-electron chi connectivity index (χ2n) is 6.20. The largest absolute Gasteiger partial charge is 0.404 e. The highest BCUT2D eigenvalue weighted by molar-refractivity contribution is 5.79. The Morgan fingerprint density at radius 2 is 1.76 bits per heavy atom. The van der Waals surface area contributed by atoms with Crippen molar-refractivity contribution >= 4 is 6.21 Å². The van der Waals surface area contributed by atoms with Crippen molar-refractivity contribution < 1.29 is 4.74 Å². The Balaban J connectivity index is 1.57. The SMILES string of the molecule is NC=C(C=NCc1ccccc1)C1CN(Cc2ccccc2)CCO1. The fourth-order valence-corrected chi connectivity index (χ4v) is 2.96. The lowest BCUT2D eigenvalue weighted by molar-refractivity contribution is -0.00939. The van der Waals surface area contributed by atoms with E-state index in [1.807, 2.05) is 30.5 Å². The highest BCUT2D eigenvalue weighted by Crippen LogP contribution is 2.15. The molecule has 2 aromatic rings. The summed E-state index contributed by atoms with van der Waals surface area (Å²) < 4.78 is 5.92. The van der Waals surface area contributed by atoms with Gasteiger partial charge in [0, 0.05) is 37.6 Å². The molecule has 1 unspecified atom stereocenters. The number of hydrogen-bond acceptors (Lipinski definition) is 4. The molecule has 1 aliphatic heterocycles. The molecule has 2 N–H and O–H groups in total. The molecule has 1 fully saturated rings. The highest BCUT2D eigenvalue weighted by Gasteiger charge is 2.22. The molecule has 0 radical (unpaired) electrons. The molecule has 1 saturated heterocycles. The van der Waals surface area contributed by atoms with Gasteiger partial charge < -0.3 is 10.5 Å². The Kier molecular flexibility index (Phi) is 6.37. The summed E-state index contributed by atoms with van der Waals surface area (Å²) in [7, 11) is 0. The van der Waals surface area contributed by atoms with Crippen molar-refractivity contribution in [1.29, 1.82) is 0 Å². The Morgan fingerprint density at radius 3 is 2.44 bits per heavy atom. The van der Waals surface area contributed by atoms with E-state index in [2.05, 4.69) is 46.3 Å². The van der Waals surface area contributed by atoms with E-state index in [0.717, 1.165) is 25.2 Å². The molecule has 0 aromatic heterocycles. The second kappa shape index (κ2) is 9.16. The third-order valence-electron chi connectivity index (χ3n) is 4.32. The van der Waals surface area contributed by atoms with Gasteiger partial charge in [0.15, 0.2) is 0 Å². The van der Waals surface area contributed by atoms with Crippen LogP contribution in [0, 0.1) is 0 Å². The van der Waals surface area contributed by atoms with Crippen LogP contribution in [0.2, 0.25) is 0 Å². The van der Waals surface area contributed by atoms with Crippen LogP contribution >= 0.6 is 0 Å². The Labute approximate surface area is 149 Å². The van der Waals surface area contributed by atoms with Crippen molar-refractivity contribution in [2.45, 2.75) is 19.2 Å². The maximum Gasteiger partial charge on any atom is 0.0981 e. The summed E-state index contributed by atoms with van der Waals surface area (Å²) >= 11 is 0. The van der Waals surface area contributed by atoms with Crippen LogP contribution in [-0.2, 0) is 17.8 Å². The molecule has 2 aromatic carbocycles. The standard InChI is InChI=1S/C21H25N3O/c22-13-20(15-23-14-18-7-3-1-4-8-18)21-17-24(11-12-25-21)16-19-9-5-2-6-10-19/h1-10,13,15,21H,11-12,14,16-17,22H2. The Hall–Kier alpha value is -2.43. The first-order valence-corrected chi connectivity index (χ1v) is 8.68. The molecule has 0 bridgehead atoms. The van der Waals surface area contributed by atoms with Gasteiger partial charge in [0.2, 0.25) is 0 Å². The fourth-order valence-electron chi connectivity index (χ4n) is 2.96. The zero-order valence-corrected chi connectivity index (χ0v) is 14.4. The molecule has 25 heavy (non-hydrogen) atoms. The monoisotopic (exact) mass is 335 g/mol. The molecule has 0 amide bonds. The number of benzene rings is 2. The third kappa shape index (κ3) is 5.28. The van der Waals surface area contributed by atoms with Crippen LogP contribution in [0.25, 0.3) is 0 Å². The minimum atomic E-state index is -0.0259. The van der Waals surface area contributed by atoms with Crippen molar-refractivity contribution in [2.75, 3.05) is 19.7 Å². The van der Waals surface area contributed by atoms with Gasteiger partial charge in [0.1, 0.15) is 0 Å². The van der Waals surface area contributed by atoms with E-state index in [1.165, 1.54) is 11.1 Å². The smallest absolute Gasteiger partial charge is 0.0981 e. The zero-order valence-electron chi connectivity index (χ0n) is 14.4. The highest BCUT2D eigenvalue weighted by atomic mass is 16.5. The lowest BCUT2D eigenvalue weighted by Gasteiger charge is -2.33. The maximum atomic E-state index is 5.92. The Morgan fingerprint density at radius 1 is 1.08 bits per heavy atom. The molecule has 0 aliphatic carbocycles. The van der Waals surface area contributed by atoms with Crippen molar-refractivity contribution in [3.05, 3.63) is 83.6 Å². The number of aliphatic imine (C=N–C) groups is 1. The average Bonchev–Trinajstić information content (AvgIpc) is 2.67. The number of nitrogens with two attached hydrogens (primary N) is 1. The van der Waals surface area contributed by atoms with Crippen molar-refractivity contribution in [3.63, 3.8) is 0 Å². The summed E-state index contributed by atoms with van der Waals surface area (Å²) in [6.07, 6.45) is 3.44. The van der Waals surface area contributed by atoms with E-state index < -0.39 is 0 Å². The minimum Gasteiger partial charge on any atom is -0.404 e. The average molecular weight is 335 g/mol. The molecule has 1 heterocycles. The van der Waals surface area contributed by atoms with E-state index in [-0.39, 0.29) is 6.10 Å². The molecule has 1 aliphatic rings. The van der Waals surface area contributed by atoms with Crippen molar-refractivity contribution in [2.24, 2.45) is 10.7 Å². The summed E-state index contributed by atoms with van der Waals surface area (Å²) in [4.78, 5) is 6.93. The van der Waals surface area contributed by atoms with Crippen molar-refractivity contribution in [3.8, 4) is 0 Å². The van der Waals surface area contributed by atoms with E-state index in [9.17, 15) is 0 Å². The van der Waals surface area contributed by atoms with Gasteiger partial charge in [-0.2, -0.15) is 0 Å². The lowest BCUT2D eigenvalue weighted by Crippen LogP contribution is -2.43. The van der Waals surface area contributed by atoms with Gasteiger partial charge in [-0.25, -0.2) is 0 Å². The molecular formula is C21H25N3O. The number of hydrogen-bond donors (Lipinski definition) is 1. The van der Waals surface area contributed by atoms with Gasteiger partial charge in [0.25, 0.3) is 0 Å². The fraction of sp³-hybridized carbons (Fsp3) is 0.286. The quantitative estimate of drug-likeness (QED) is 0.826. The van der Waals surface area contributed by atoms with Crippen LogP contribution in [0.15, 0.2) is 77.4 Å². The topological polar surface area (TPSA) is 50.8 Å². The first-order valence-electron chi connectivity index (χ1n) is 8.68. The first kappa shape index (κ1) is 17.4. The molecular weight excluding hydrogens is 310 g/mol. The van der Waals surface area contributed by atoms with Crippen molar-refractivity contribution in [1.82, 2.24) is 4.90 Å². The van der Waals surface area contributed by atoms with Crippen LogP contribution in [0.1, 0.15) is 11.1 Å². The van der Waals surface area contributed by atoms with Gasteiger partial charge in [-0.3, -0.25) is 9.89 Å². The molecule has 4 nitrogen and oxygen atoms in total. The van der Waals surface area contributed by atoms with E-state index in [0.29, 0.717) is 13.2 Å². The van der Waals surface area contributed by atoms with Crippen LogP contribution in [-0.4, -0.2) is 36.9 Å². The maximum absolute atomic E-state index is 5.92. The molecule has 3 rings (SSSR count). The predicted molar refractivity (Wildman–Crippen MR) is 102 cm³/mol. The normalized spacial score (nSPS) is 19.4. The first-order chi connectivity index (χ1) is 12.3. The number of nitrogens with zero attached hydrogens (tertiary/aromatic N) is 2. The minimum absolute atomic E-state index is 0.0259. The van der Waals surface area contributed by atoms with E-state index in [1.54, 1.807) is 6.20 Å². The predicted octanol–water partition coefficient (Wildman–Crippen LogP) is 3.00. The molecule has 1 atom stereocenters. The molecule has 4 heteroatoms. The van der Waals surface area contributed by atoms with Gasteiger partial charge in [-0.05, 0) is 11.1 Å². The van der Waals surface area contributed by atoms with Gasteiger partial charge in [-0.1, -0.05) is 60.7 Å². The second-order valence-corrected chi connectivity index (χ2v) is 6.20. The number of ether oxygens (including phenoxy) is 1.